The molecule has 0 aromatic heterocycles. The third-order valence-electron chi connectivity index (χ3n) is 3.12. The molecule has 120 valence electrons. The molecule has 2 aromatic rings. The van der Waals surface area contributed by atoms with E-state index in [4.69, 9.17) is 5.26 Å². The minimum absolute atomic E-state index is 0.0859. The number of ketones is 1. The summed E-state index contributed by atoms with van der Waals surface area (Å²) in [7, 11) is 0. The quantitative estimate of drug-likeness (QED) is 0.501. The summed E-state index contributed by atoms with van der Waals surface area (Å²) in [6.07, 6.45) is 1.25. The van der Waals surface area contributed by atoms with Crippen LogP contribution in [0.1, 0.15) is 17.3 Å². The van der Waals surface area contributed by atoms with E-state index in [1.807, 2.05) is 0 Å². The average Bonchev–Trinajstić information content (AvgIpc) is 2.57. The number of nitriles is 1. The highest BCUT2D eigenvalue weighted by molar-refractivity contribution is 6.06. The van der Waals surface area contributed by atoms with Gasteiger partial charge in [0.2, 0.25) is 0 Å². The Kier molecular flexibility index (Phi) is 5.42. The molecule has 2 N–H and O–H groups in total. The van der Waals surface area contributed by atoms with Gasteiger partial charge < -0.3 is 10.6 Å². The Balaban J connectivity index is 2.10. The van der Waals surface area contributed by atoms with Crippen molar-refractivity contribution in [3.8, 4) is 6.07 Å². The predicted molar refractivity (Wildman–Crippen MR) is 88.8 cm³/mol. The van der Waals surface area contributed by atoms with Crippen molar-refractivity contribution in [3.63, 3.8) is 0 Å². The smallest absolute Gasteiger partial charge is 0.267 e. The number of hydrogen-bond acceptors (Lipinski definition) is 4. The van der Waals surface area contributed by atoms with Gasteiger partial charge in [0.05, 0.1) is 0 Å². The number of Topliss-reactive ketones (excluding diaryl/α,β-unsaturated/α-hetero) is 1. The van der Waals surface area contributed by atoms with Crippen molar-refractivity contribution in [2.45, 2.75) is 6.92 Å². The van der Waals surface area contributed by atoms with Gasteiger partial charge in [0.15, 0.2) is 5.78 Å². The first-order valence-corrected chi connectivity index (χ1v) is 7.04. The summed E-state index contributed by atoms with van der Waals surface area (Å²) in [5, 5.41) is 14.4. The summed E-state index contributed by atoms with van der Waals surface area (Å²) >= 11 is 0. The highest BCUT2D eigenvalue weighted by Crippen LogP contribution is 2.13. The van der Waals surface area contributed by atoms with Crippen LogP contribution in [0.2, 0.25) is 0 Å². The van der Waals surface area contributed by atoms with Crippen LogP contribution < -0.4 is 10.6 Å². The van der Waals surface area contributed by atoms with Gasteiger partial charge in [0.1, 0.15) is 17.5 Å². The Hall–Kier alpha value is -3.46. The lowest BCUT2D eigenvalue weighted by Gasteiger charge is -2.06. The number of halogens is 1. The second-order valence-corrected chi connectivity index (χ2v) is 4.91. The molecule has 6 heteroatoms. The molecule has 0 fully saturated rings. The third kappa shape index (κ3) is 4.52. The van der Waals surface area contributed by atoms with Crippen LogP contribution in [0.5, 0.6) is 0 Å². The minimum Gasteiger partial charge on any atom is -0.360 e. The van der Waals surface area contributed by atoms with Crippen molar-refractivity contribution < 1.29 is 14.0 Å². The summed E-state index contributed by atoms with van der Waals surface area (Å²) in [5.74, 6) is -1.13. The number of rotatable bonds is 5. The van der Waals surface area contributed by atoms with Gasteiger partial charge in [-0.05, 0) is 43.3 Å². The van der Waals surface area contributed by atoms with Crippen LogP contribution >= 0.6 is 0 Å². The molecule has 0 radical (unpaired) electrons. The van der Waals surface area contributed by atoms with Crippen molar-refractivity contribution in [2.75, 3.05) is 10.6 Å². The predicted octanol–water partition coefficient (Wildman–Crippen LogP) is 3.49. The molecule has 2 rings (SSSR count). The fourth-order valence-electron chi connectivity index (χ4n) is 1.86. The van der Waals surface area contributed by atoms with Crippen molar-refractivity contribution in [1.82, 2.24) is 0 Å². The first-order valence-electron chi connectivity index (χ1n) is 7.04. The van der Waals surface area contributed by atoms with E-state index in [1.165, 1.54) is 37.4 Å². The van der Waals surface area contributed by atoms with Crippen LogP contribution in [-0.4, -0.2) is 11.7 Å². The minimum atomic E-state index is -0.626. The molecule has 0 aliphatic carbocycles. The van der Waals surface area contributed by atoms with E-state index in [-0.39, 0.29) is 11.4 Å². The largest absolute Gasteiger partial charge is 0.360 e. The molecule has 0 atom stereocenters. The van der Waals surface area contributed by atoms with Gasteiger partial charge in [-0.1, -0.05) is 12.1 Å². The molecule has 0 unspecified atom stereocenters. The molecule has 0 saturated heterocycles. The topological polar surface area (TPSA) is 82.0 Å². The summed E-state index contributed by atoms with van der Waals surface area (Å²) < 4.78 is 12.8. The zero-order valence-electron chi connectivity index (χ0n) is 12.8. The summed E-state index contributed by atoms with van der Waals surface area (Å²) in [6.45, 7) is 1.45. The van der Waals surface area contributed by atoms with E-state index in [0.717, 1.165) is 0 Å². The summed E-state index contributed by atoms with van der Waals surface area (Å²) in [6, 6.07) is 13.7. The second-order valence-electron chi connectivity index (χ2n) is 4.91. The SMILES string of the molecule is CC(=O)c1cccc(N/C=C(/C#N)C(=O)Nc2ccc(F)cc2)c1. The fourth-order valence-corrected chi connectivity index (χ4v) is 1.86. The van der Waals surface area contributed by atoms with Gasteiger partial charge in [0, 0.05) is 23.1 Å². The monoisotopic (exact) mass is 323 g/mol. The van der Waals surface area contributed by atoms with E-state index in [1.54, 1.807) is 30.3 Å². The highest BCUT2D eigenvalue weighted by atomic mass is 19.1. The van der Waals surface area contributed by atoms with Gasteiger partial charge in [-0.3, -0.25) is 9.59 Å². The Morgan fingerprint density at radius 3 is 2.46 bits per heavy atom. The molecule has 0 aliphatic heterocycles. The fraction of sp³-hybridized carbons (Fsp3) is 0.0556. The number of carbonyl (C=O) groups is 2. The molecule has 0 aliphatic rings. The zero-order chi connectivity index (χ0) is 17.5. The molecule has 24 heavy (non-hydrogen) atoms. The first-order chi connectivity index (χ1) is 11.5. The van der Waals surface area contributed by atoms with Crippen LogP contribution in [0.25, 0.3) is 0 Å². The van der Waals surface area contributed by atoms with E-state index < -0.39 is 11.7 Å². The van der Waals surface area contributed by atoms with E-state index in [9.17, 15) is 14.0 Å². The highest BCUT2D eigenvalue weighted by Gasteiger charge is 2.09. The normalized spacial score (nSPS) is 10.6. The van der Waals surface area contributed by atoms with Crippen molar-refractivity contribution >= 4 is 23.1 Å². The van der Waals surface area contributed by atoms with Crippen LogP contribution in [0.3, 0.4) is 0 Å². The van der Waals surface area contributed by atoms with E-state index in [0.29, 0.717) is 16.9 Å². The van der Waals surface area contributed by atoms with Crippen molar-refractivity contribution in [3.05, 3.63) is 71.7 Å². The van der Waals surface area contributed by atoms with Crippen molar-refractivity contribution in [1.29, 1.82) is 5.26 Å². The second kappa shape index (κ2) is 7.70. The number of carbonyl (C=O) groups excluding carboxylic acids is 2. The Morgan fingerprint density at radius 1 is 1.12 bits per heavy atom. The number of anilines is 2. The third-order valence-corrected chi connectivity index (χ3v) is 3.12. The van der Waals surface area contributed by atoms with Gasteiger partial charge in [-0.15, -0.1) is 0 Å². The molecule has 1 amide bonds. The summed E-state index contributed by atoms with van der Waals surface area (Å²) in [5.41, 5.74) is 1.31. The summed E-state index contributed by atoms with van der Waals surface area (Å²) in [4.78, 5) is 23.4. The maximum atomic E-state index is 12.8. The van der Waals surface area contributed by atoms with E-state index in [2.05, 4.69) is 10.6 Å². The lowest BCUT2D eigenvalue weighted by Crippen LogP contribution is -2.14. The number of nitrogens with zero attached hydrogens (tertiary/aromatic N) is 1. The van der Waals surface area contributed by atoms with Crippen LogP contribution in [0.4, 0.5) is 15.8 Å². The molecule has 0 spiro atoms. The molecule has 0 bridgehead atoms. The molecular formula is C18H14FN3O2. The van der Waals surface area contributed by atoms with Gasteiger partial charge in [-0.2, -0.15) is 5.26 Å². The van der Waals surface area contributed by atoms with E-state index >= 15 is 0 Å². The number of nitrogens with one attached hydrogen (secondary N) is 2. The Labute approximate surface area is 138 Å². The van der Waals surface area contributed by atoms with Gasteiger partial charge >= 0.3 is 0 Å². The lowest BCUT2D eigenvalue weighted by atomic mass is 10.1. The molecule has 0 saturated carbocycles. The maximum absolute atomic E-state index is 12.8. The average molecular weight is 323 g/mol. The van der Waals surface area contributed by atoms with Crippen LogP contribution in [0.15, 0.2) is 60.3 Å². The molecule has 0 heterocycles. The number of amides is 1. The van der Waals surface area contributed by atoms with Crippen molar-refractivity contribution in [2.24, 2.45) is 0 Å². The lowest BCUT2D eigenvalue weighted by molar-refractivity contribution is -0.112. The maximum Gasteiger partial charge on any atom is 0.267 e. The molecular weight excluding hydrogens is 309 g/mol. The Morgan fingerprint density at radius 2 is 1.83 bits per heavy atom. The molecule has 5 nitrogen and oxygen atoms in total. The number of benzene rings is 2. The molecule has 2 aromatic carbocycles. The van der Waals surface area contributed by atoms with Crippen LogP contribution in [0, 0.1) is 17.1 Å². The van der Waals surface area contributed by atoms with Gasteiger partial charge in [0.25, 0.3) is 5.91 Å². The Bertz CT molecular complexity index is 836. The zero-order valence-corrected chi connectivity index (χ0v) is 12.8. The van der Waals surface area contributed by atoms with Gasteiger partial charge in [-0.25, -0.2) is 4.39 Å². The van der Waals surface area contributed by atoms with Crippen LogP contribution in [-0.2, 0) is 4.79 Å². The number of hydrogen-bond donors (Lipinski definition) is 2. The first kappa shape index (κ1) is 16.9. The standard InChI is InChI=1S/C18H14FN3O2/c1-12(23)13-3-2-4-17(9-13)21-11-14(10-20)18(24)22-16-7-5-15(19)6-8-16/h2-9,11,21H,1H3,(H,22,24)/b14-11-.